The van der Waals surface area contributed by atoms with E-state index in [-0.39, 0.29) is 10.5 Å². The topological polar surface area (TPSA) is 90.1 Å². The van der Waals surface area contributed by atoms with E-state index >= 15 is 0 Å². The molecule has 0 N–H and O–H groups in total. The van der Waals surface area contributed by atoms with Crippen molar-refractivity contribution in [2.45, 2.75) is 30.1 Å². The van der Waals surface area contributed by atoms with Crippen molar-refractivity contribution in [3.63, 3.8) is 0 Å². The van der Waals surface area contributed by atoms with Gasteiger partial charge in [-0.15, -0.1) is 0 Å². The first kappa shape index (κ1) is 25.2. The first-order valence-electron chi connectivity index (χ1n) is 12.9. The first-order chi connectivity index (χ1) is 18.8. The maximum atomic E-state index is 13.6. The Kier molecular flexibility index (Phi) is 6.20. The second-order valence-corrected chi connectivity index (χ2v) is 12.3. The van der Waals surface area contributed by atoms with Gasteiger partial charge >= 0.3 is 0 Å². The summed E-state index contributed by atoms with van der Waals surface area (Å²) >= 11 is 0. The van der Waals surface area contributed by atoms with Crippen molar-refractivity contribution in [3.8, 4) is 5.69 Å². The highest BCUT2D eigenvalue weighted by molar-refractivity contribution is 7.89. The van der Waals surface area contributed by atoms with Crippen LogP contribution in [0.25, 0.3) is 16.6 Å². The molecule has 8 nitrogen and oxygen atoms in total. The number of sulfonamides is 1. The number of hydrogen-bond acceptors (Lipinski definition) is 5. The predicted molar refractivity (Wildman–Crippen MR) is 150 cm³/mol. The van der Waals surface area contributed by atoms with E-state index in [0.717, 1.165) is 27.7 Å². The Morgan fingerprint density at radius 2 is 1.82 bits per heavy atom. The molecule has 39 heavy (non-hydrogen) atoms. The van der Waals surface area contributed by atoms with E-state index in [1.54, 1.807) is 41.9 Å². The van der Waals surface area contributed by atoms with E-state index in [1.807, 2.05) is 29.1 Å². The van der Waals surface area contributed by atoms with Crippen molar-refractivity contribution in [1.29, 1.82) is 0 Å². The summed E-state index contributed by atoms with van der Waals surface area (Å²) in [4.78, 5) is 16.2. The van der Waals surface area contributed by atoms with Gasteiger partial charge in [-0.2, -0.15) is 9.40 Å². The Morgan fingerprint density at radius 1 is 1.00 bits per heavy atom. The SMILES string of the molecule is Cc1cc2c(cnn2-c2ccc(=O)n(C)c2)cc1C1(Cc2ccccc2)CCN(S(=O)(=O)c2cccnc2)C1. The van der Waals surface area contributed by atoms with Crippen molar-refractivity contribution in [2.75, 3.05) is 13.1 Å². The van der Waals surface area contributed by atoms with E-state index in [4.69, 9.17) is 0 Å². The molecule has 1 aliphatic rings. The molecule has 1 fully saturated rings. The van der Waals surface area contributed by atoms with Crippen LogP contribution in [0.1, 0.15) is 23.1 Å². The summed E-state index contributed by atoms with van der Waals surface area (Å²) in [5.74, 6) is 0. The molecule has 5 aromatic rings. The second kappa shape index (κ2) is 9.59. The fourth-order valence-corrected chi connectivity index (χ4v) is 7.29. The summed E-state index contributed by atoms with van der Waals surface area (Å²) in [5, 5.41) is 5.60. The maximum Gasteiger partial charge on any atom is 0.250 e. The van der Waals surface area contributed by atoms with Gasteiger partial charge in [-0.25, -0.2) is 13.1 Å². The van der Waals surface area contributed by atoms with Crippen LogP contribution in [0.5, 0.6) is 0 Å². The van der Waals surface area contributed by atoms with Crippen LogP contribution < -0.4 is 5.56 Å². The molecule has 1 saturated heterocycles. The van der Waals surface area contributed by atoms with Crippen LogP contribution >= 0.6 is 0 Å². The highest BCUT2D eigenvalue weighted by Gasteiger charge is 2.45. The number of pyridine rings is 2. The van der Waals surface area contributed by atoms with Crippen LogP contribution in [0, 0.1) is 6.92 Å². The lowest BCUT2D eigenvalue weighted by Crippen LogP contribution is -2.36. The number of aryl methyl sites for hydroxylation is 2. The van der Waals surface area contributed by atoms with Crippen molar-refractivity contribution in [1.82, 2.24) is 23.6 Å². The third kappa shape index (κ3) is 4.47. The first-order valence-corrected chi connectivity index (χ1v) is 14.3. The van der Waals surface area contributed by atoms with Gasteiger partial charge in [0.2, 0.25) is 15.6 Å². The molecule has 0 amide bonds. The van der Waals surface area contributed by atoms with Gasteiger partial charge < -0.3 is 4.57 Å². The number of benzene rings is 2. The average molecular weight is 540 g/mol. The maximum absolute atomic E-state index is 13.6. The van der Waals surface area contributed by atoms with Gasteiger partial charge in [0, 0.05) is 55.6 Å². The quantitative estimate of drug-likeness (QED) is 0.325. The standard InChI is InChI=1S/C30H29N5O3S/c1-22-15-28-24(18-32-35(28)25-10-11-29(36)33(2)20-25)16-27(22)30(17-23-7-4-3-5-8-23)12-14-34(21-30)39(37,38)26-9-6-13-31-19-26/h3-11,13,15-16,18-20H,12,14,17,21H2,1-2H3. The zero-order valence-electron chi connectivity index (χ0n) is 21.9. The Morgan fingerprint density at radius 3 is 2.56 bits per heavy atom. The van der Waals surface area contributed by atoms with Crippen LogP contribution in [0.4, 0.5) is 0 Å². The second-order valence-electron chi connectivity index (χ2n) is 10.3. The molecular weight excluding hydrogens is 510 g/mol. The fourth-order valence-electron chi connectivity index (χ4n) is 5.79. The third-order valence-corrected chi connectivity index (χ3v) is 9.61. The number of fused-ring (bicyclic) bond motifs is 1. The van der Waals surface area contributed by atoms with Crippen LogP contribution in [0.2, 0.25) is 0 Å². The molecule has 9 heteroatoms. The van der Waals surface area contributed by atoms with E-state index in [1.165, 1.54) is 22.4 Å². The summed E-state index contributed by atoms with van der Waals surface area (Å²) in [7, 11) is -1.96. The molecule has 1 aliphatic heterocycles. The Balaban J connectivity index is 1.45. The number of rotatable bonds is 6. The Hall–Kier alpha value is -4.08. The number of aromatic nitrogens is 4. The molecule has 0 aliphatic carbocycles. The Labute approximate surface area is 227 Å². The lowest BCUT2D eigenvalue weighted by Gasteiger charge is -2.32. The number of nitrogens with zero attached hydrogens (tertiary/aromatic N) is 5. The van der Waals surface area contributed by atoms with Crippen LogP contribution in [-0.2, 0) is 28.9 Å². The van der Waals surface area contributed by atoms with Gasteiger partial charge in [-0.3, -0.25) is 9.78 Å². The summed E-state index contributed by atoms with van der Waals surface area (Å²) in [6, 6.07) is 21.1. The van der Waals surface area contributed by atoms with Crippen LogP contribution in [-0.4, -0.2) is 45.1 Å². The highest BCUT2D eigenvalue weighted by Crippen LogP contribution is 2.42. The predicted octanol–water partition coefficient (Wildman–Crippen LogP) is 4.00. The minimum atomic E-state index is -3.68. The fraction of sp³-hybridized carbons (Fsp3) is 0.233. The average Bonchev–Trinajstić information content (AvgIpc) is 3.56. The van der Waals surface area contributed by atoms with Gasteiger partial charge in [0.05, 0.1) is 17.4 Å². The summed E-state index contributed by atoms with van der Waals surface area (Å²) in [6.07, 6.45) is 8.01. The molecular formula is C30H29N5O3S. The third-order valence-electron chi connectivity index (χ3n) is 7.78. The van der Waals surface area contributed by atoms with Gasteiger partial charge in [-0.1, -0.05) is 30.3 Å². The van der Waals surface area contributed by atoms with Crippen molar-refractivity contribution >= 4 is 20.9 Å². The van der Waals surface area contributed by atoms with Crippen LogP contribution in [0.3, 0.4) is 0 Å². The summed E-state index contributed by atoms with van der Waals surface area (Å²) < 4.78 is 32.1. The van der Waals surface area contributed by atoms with Crippen molar-refractivity contribution < 1.29 is 8.42 Å². The molecule has 198 valence electrons. The molecule has 2 aromatic carbocycles. The Bertz CT molecular complexity index is 1830. The molecule has 0 saturated carbocycles. The molecule has 0 radical (unpaired) electrons. The highest BCUT2D eigenvalue weighted by atomic mass is 32.2. The summed E-state index contributed by atoms with van der Waals surface area (Å²) in [6.45, 7) is 2.89. The molecule has 3 aromatic heterocycles. The minimum Gasteiger partial charge on any atom is -0.316 e. The largest absolute Gasteiger partial charge is 0.316 e. The van der Waals surface area contributed by atoms with E-state index < -0.39 is 15.4 Å². The molecule has 4 heterocycles. The molecule has 1 atom stereocenters. The van der Waals surface area contributed by atoms with Crippen molar-refractivity contribution in [2.24, 2.45) is 7.05 Å². The lowest BCUT2D eigenvalue weighted by molar-refractivity contribution is 0.413. The van der Waals surface area contributed by atoms with Gasteiger partial charge in [-0.05, 0) is 66.8 Å². The van der Waals surface area contributed by atoms with E-state index in [2.05, 4.69) is 41.3 Å². The van der Waals surface area contributed by atoms with Crippen molar-refractivity contribution in [3.05, 3.63) is 119 Å². The van der Waals surface area contributed by atoms with Crippen LogP contribution in [0.15, 0.2) is 101 Å². The minimum absolute atomic E-state index is 0.0800. The lowest BCUT2D eigenvalue weighted by atomic mass is 9.73. The smallest absolute Gasteiger partial charge is 0.250 e. The molecule has 1 unspecified atom stereocenters. The monoisotopic (exact) mass is 539 g/mol. The molecule has 6 rings (SSSR count). The zero-order valence-corrected chi connectivity index (χ0v) is 22.7. The van der Waals surface area contributed by atoms with Gasteiger partial charge in [0.1, 0.15) is 4.90 Å². The number of hydrogen-bond donors (Lipinski definition) is 0. The zero-order chi connectivity index (χ0) is 27.2. The normalized spacial score (nSPS) is 18.1. The van der Waals surface area contributed by atoms with E-state index in [0.29, 0.717) is 25.9 Å². The van der Waals surface area contributed by atoms with Gasteiger partial charge in [0.15, 0.2) is 0 Å². The van der Waals surface area contributed by atoms with E-state index in [9.17, 15) is 13.2 Å². The summed E-state index contributed by atoms with van der Waals surface area (Å²) in [5.41, 5.74) is 4.61. The van der Waals surface area contributed by atoms with Gasteiger partial charge in [0.25, 0.3) is 0 Å². The molecule has 0 bridgehead atoms. The molecule has 0 spiro atoms.